The Morgan fingerprint density at radius 2 is 1.85 bits per heavy atom. The van der Waals surface area contributed by atoms with Gasteiger partial charge in [-0.15, -0.1) is 5.10 Å². The first kappa shape index (κ1) is 16.1. The van der Waals surface area contributed by atoms with Gasteiger partial charge in [0.2, 0.25) is 5.91 Å². The number of fused-ring (bicyclic) bond motifs is 2. The van der Waals surface area contributed by atoms with Gasteiger partial charge in [-0.2, -0.15) is 0 Å². The largest absolute Gasteiger partial charge is 0.350 e. The number of amides is 1. The van der Waals surface area contributed by atoms with Crippen molar-refractivity contribution in [3.63, 3.8) is 0 Å². The van der Waals surface area contributed by atoms with Crippen molar-refractivity contribution in [2.75, 3.05) is 0 Å². The molecule has 4 rings (SSSR count). The number of carbonyl (C=O) groups is 1. The van der Waals surface area contributed by atoms with E-state index in [2.05, 4.69) is 22.5 Å². The first-order valence-electron chi connectivity index (χ1n) is 8.44. The average molecular weight is 346 g/mol. The number of nitrogens with one attached hydrogen (secondary N) is 1. The second-order valence-corrected chi connectivity index (χ2v) is 6.26. The number of nitrogens with zero attached hydrogens (tertiary/aromatic N) is 3. The van der Waals surface area contributed by atoms with Crippen molar-refractivity contribution < 1.29 is 4.79 Å². The second kappa shape index (κ2) is 6.48. The summed E-state index contributed by atoms with van der Waals surface area (Å²) in [7, 11) is 0. The van der Waals surface area contributed by atoms with E-state index in [1.165, 1.54) is 9.08 Å². The average Bonchev–Trinajstić information content (AvgIpc) is 2.97. The van der Waals surface area contributed by atoms with Crippen LogP contribution in [0, 0.1) is 0 Å². The fourth-order valence-electron chi connectivity index (χ4n) is 3.05. The van der Waals surface area contributed by atoms with Crippen LogP contribution in [0.5, 0.6) is 0 Å². The molecule has 0 bridgehead atoms. The van der Waals surface area contributed by atoms with Crippen LogP contribution in [-0.4, -0.2) is 20.1 Å². The maximum absolute atomic E-state index is 12.4. The van der Waals surface area contributed by atoms with E-state index in [-0.39, 0.29) is 24.2 Å². The van der Waals surface area contributed by atoms with Crippen molar-refractivity contribution in [3.8, 4) is 0 Å². The summed E-state index contributed by atoms with van der Waals surface area (Å²) in [4.78, 5) is 24.6. The lowest BCUT2D eigenvalue weighted by molar-refractivity contribution is -0.122. The Morgan fingerprint density at radius 1 is 1.08 bits per heavy atom. The Hall–Kier alpha value is -3.41. The van der Waals surface area contributed by atoms with Crippen molar-refractivity contribution >= 4 is 22.3 Å². The van der Waals surface area contributed by atoms with Crippen molar-refractivity contribution in [2.24, 2.45) is 0 Å². The minimum atomic E-state index is -0.325. The minimum Gasteiger partial charge on any atom is -0.348 e. The summed E-state index contributed by atoms with van der Waals surface area (Å²) >= 11 is 0. The number of pyridine rings is 1. The molecule has 0 aliphatic rings. The van der Waals surface area contributed by atoms with Gasteiger partial charge in [-0.3, -0.25) is 9.20 Å². The van der Waals surface area contributed by atoms with E-state index in [9.17, 15) is 9.59 Å². The van der Waals surface area contributed by atoms with Gasteiger partial charge in [0, 0.05) is 6.20 Å². The lowest BCUT2D eigenvalue weighted by atomic mass is 10.0. The second-order valence-electron chi connectivity index (χ2n) is 6.26. The summed E-state index contributed by atoms with van der Waals surface area (Å²) in [6.45, 7) is 1.81. The Labute approximate surface area is 149 Å². The van der Waals surface area contributed by atoms with Gasteiger partial charge in [-0.25, -0.2) is 9.48 Å². The van der Waals surface area contributed by atoms with Crippen LogP contribution < -0.4 is 11.0 Å². The standard InChI is InChI=1S/C20H18N4O2/c1-14(16-10-9-15-6-2-3-7-17(15)12-16)21-19(25)13-24-20(26)23-11-5-4-8-18(23)22-24/h2-12,14H,13H2,1H3,(H,21,25). The molecule has 130 valence electrons. The number of hydrogen-bond acceptors (Lipinski definition) is 3. The quantitative estimate of drug-likeness (QED) is 0.617. The molecule has 2 aromatic heterocycles. The van der Waals surface area contributed by atoms with E-state index in [4.69, 9.17) is 0 Å². The molecule has 1 atom stereocenters. The third-order valence-electron chi connectivity index (χ3n) is 4.43. The first-order valence-corrected chi connectivity index (χ1v) is 8.44. The molecule has 0 fully saturated rings. The number of hydrogen-bond donors (Lipinski definition) is 1. The molecule has 0 radical (unpaired) electrons. The Morgan fingerprint density at radius 3 is 2.65 bits per heavy atom. The molecule has 0 aliphatic carbocycles. The fourth-order valence-corrected chi connectivity index (χ4v) is 3.05. The van der Waals surface area contributed by atoms with E-state index in [1.54, 1.807) is 24.4 Å². The fraction of sp³-hybridized carbons (Fsp3) is 0.150. The normalized spacial score (nSPS) is 12.3. The molecule has 0 aliphatic heterocycles. The van der Waals surface area contributed by atoms with Gasteiger partial charge < -0.3 is 5.32 Å². The highest BCUT2D eigenvalue weighted by molar-refractivity contribution is 5.83. The molecule has 2 aromatic carbocycles. The Bertz CT molecular complexity index is 1160. The van der Waals surface area contributed by atoms with Crippen LogP contribution in [0.2, 0.25) is 0 Å². The molecule has 1 amide bonds. The van der Waals surface area contributed by atoms with Crippen LogP contribution in [0.15, 0.2) is 71.7 Å². The van der Waals surface area contributed by atoms with E-state index >= 15 is 0 Å². The smallest absolute Gasteiger partial charge is 0.348 e. The Kier molecular flexibility index (Phi) is 4.01. The van der Waals surface area contributed by atoms with Gasteiger partial charge in [0.25, 0.3) is 0 Å². The van der Waals surface area contributed by atoms with Gasteiger partial charge in [0.1, 0.15) is 6.54 Å². The maximum Gasteiger partial charge on any atom is 0.350 e. The summed E-state index contributed by atoms with van der Waals surface area (Å²) in [6, 6.07) is 19.3. The summed E-state index contributed by atoms with van der Waals surface area (Å²) < 4.78 is 2.60. The SMILES string of the molecule is CC(NC(=O)Cn1nc2ccccn2c1=O)c1ccc2ccccc2c1. The lowest BCUT2D eigenvalue weighted by Gasteiger charge is -2.15. The van der Waals surface area contributed by atoms with E-state index in [0.717, 1.165) is 16.3 Å². The van der Waals surface area contributed by atoms with Crippen molar-refractivity contribution in [3.05, 3.63) is 82.9 Å². The van der Waals surface area contributed by atoms with Gasteiger partial charge in [0.05, 0.1) is 6.04 Å². The van der Waals surface area contributed by atoms with Crippen molar-refractivity contribution in [1.82, 2.24) is 19.5 Å². The van der Waals surface area contributed by atoms with Crippen LogP contribution in [0.25, 0.3) is 16.4 Å². The van der Waals surface area contributed by atoms with E-state index in [1.807, 2.05) is 37.3 Å². The summed E-state index contributed by atoms with van der Waals surface area (Å²) in [5.41, 5.74) is 1.21. The van der Waals surface area contributed by atoms with Crippen LogP contribution in [-0.2, 0) is 11.3 Å². The molecule has 0 saturated carbocycles. The Balaban J connectivity index is 1.51. The maximum atomic E-state index is 12.4. The highest BCUT2D eigenvalue weighted by Crippen LogP contribution is 2.20. The molecule has 1 N–H and O–H groups in total. The third-order valence-corrected chi connectivity index (χ3v) is 4.43. The van der Waals surface area contributed by atoms with Crippen LogP contribution in [0.3, 0.4) is 0 Å². The van der Waals surface area contributed by atoms with Crippen LogP contribution in [0.4, 0.5) is 0 Å². The molecule has 4 aromatic rings. The molecule has 2 heterocycles. The minimum absolute atomic E-state index is 0.113. The zero-order valence-corrected chi connectivity index (χ0v) is 14.3. The van der Waals surface area contributed by atoms with Crippen molar-refractivity contribution in [1.29, 1.82) is 0 Å². The highest BCUT2D eigenvalue weighted by atomic mass is 16.2. The third kappa shape index (κ3) is 2.97. The predicted octanol–water partition coefficient (Wildman–Crippen LogP) is 2.53. The summed E-state index contributed by atoms with van der Waals surface area (Å²) in [5, 5.41) is 9.40. The molecule has 0 saturated heterocycles. The number of benzene rings is 2. The van der Waals surface area contributed by atoms with Gasteiger partial charge >= 0.3 is 5.69 Å². The number of aromatic nitrogens is 3. The molecule has 26 heavy (non-hydrogen) atoms. The predicted molar refractivity (Wildman–Crippen MR) is 100.0 cm³/mol. The summed E-state index contributed by atoms with van der Waals surface area (Å²) in [6.07, 6.45) is 1.64. The molecular weight excluding hydrogens is 328 g/mol. The molecule has 6 nitrogen and oxygen atoms in total. The zero-order valence-electron chi connectivity index (χ0n) is 14.3. The van der Waals surface area contributed by atoms with Gasteiger partial charge in [-0.05, 0) is 41.5 Å². The number of carbonyl (C=O) groups excluding carboxylic acids is 1. The molecule has 0 spiro atoms. The topological polar surface area (TPSA) is 68.4 Å². The van der Waals surface area contributed by atoms with Gasteiger partial charge in [0.15, 0.2) is 5.65 Å². The number of rotatable bonds is 4. The molecule has 6 heteroatoms. The molecule has 1 unspecified atom stereocenters. The highest BCUT2D eigenvalue weighted by Gasteiger charge is 2.13. The van der Waals surface area contributed by atoms with Crippen LogP contribution in [0.1, 0.15) is 18.5 Å². The van der Waals surface area contributed by atoms with Gasteiger partial charge in [-0.1, -0.05) is 42.5 Å². The monoisotopic (exact) mass is 346 g/mol. The first-order chi connectivity index (χ1) is 12.6. The molecular formula is C20H18N4O2. The van der Waals surface area contributed by atoms with E-state index < -0.39 is 0 Å². The lowest BCUT2D eigenvalue weighted by Crippen LogP contribution is -2.34. The summed E-state index contributed by atoms with van der Waals surface area (Å²) in [5.74, 6) is -0.254. The zero-order chi connectivity index (χ0) is 18.1. The van der Waals surface area contributed by atoms with E-state index in [0.29, 0.717) is 5.65 Å². The van der Waals surface area contributed by atoms with Crippen LogP contribution >= 0.6 is 0 Å². The van der Waals surface area contributed by atoms with Crippen molar-refractivity contribution in [2.45, 2.75) is 19.5 Å².